The Morgan fingerprint density at radius 1 is 1.25 bits per heavy atom. The van der Waals surface area contributed by atoms with Crippen molar-refractivity contribution in [2.75, 3.05) is 12.9 Å². The molecule has 0 unspecified atom stereocenters. The van der Waals surface area contributed by atoms with Crippen LogP contribution in [-0.2, 0) is 23.9 Å². The SMILES string of the molecule is CCC(=O)O[C@]1(C(=O)CSC(=O)OC)[C@@H](C)C[C@H]2[C@@H]3CCC4=CC(=O)C=C[C@]4(C)[C@@]3(F)[C@@H](O)C[C@@]21C. The maximum Gasteiger partial charge on any atom is 0.367 e. The number of aliphatic hydroxyl groups excluding tert-OH is 1. The molecule has 7 nitrogen and oxygen atoms in total. The van der Waals surface area contributed by atoms with E-state index in [0.29, 0.717) is 36.6 Å². The molecule has 4 rings (SSSR count). The molecule has 198 valence electrons. The van der Waals surface area contributed by atoms with Crippen molar-refractivity contribution < 1.29 is 38.1 Å². The minimum Gasteiger partial charge on any atom is -0.461 e. The Kier molecular flexibility index (Phi) is 6.82. The van der Waals surface area contributed by atoms with E-state index in [1.807, 2.05) is 13.8 Å². The standard InChI is InChI=1S/C27H35FO7S/c1-6-22(32)35-27(21(31)14-36-23(33)34-5)15(2)11-19-18-8-7-16-12-17(29)9-10-24(16,3)26(18,28)20(30)13-25(19,27)4/h9-10,12,15,18-20,30H,6-8,11,13-14H2,1-5H3/t15-,18-,19-,20-,24-,25-,26-,27-/m0/s1. The second-order valence-corrected chi connectivity index (χ2v) is 12.0. The van der Waals surface area contributed by atoms with E-state index >= 15 is 4.39 Å². The first-order valence-corrected chi connectivity index (χ1v) is 13.6. The maximum atomic E-state index is 17.4. The molecule has 0 aromatic rings. The van der Waals surface area contributed by atoms with Crippen LogP contribution >= 0.6 is 11.8 Å². The molecule has 8 atom stereocenters. The molecule has 0 amide bonds. The number of allylic oxidation sites excluding steroid dienone is 4. The number of rotatable bonds is 5. The van der Waals surface area contributed by atoms with Crippen LogP contribution in [0.25, 0.3) is 0 Å². The number of alkyl halides is 1. The third-order valence-electron chi connectivity index (χ3n) is 9.65. The zero-order valence-electron chi connectivity index (χ0n) is 21.5. The van der Waals surface area contributed by atoms with Crippen LogP contribution in [-0.4, -0.2) is 58.2 Å². The van der Waals surface area contributed by atoms with Crippen molar-refractivity contribution in [3.8, 4) is 0 Å². The molecule has 1 N–H and O–H groups in total. The Bertz CT molecular complexity index is 1050. The van der Waals surface area contributed by atoms with Gasteiger partial charge in [0.15, 0.2) is 22.8 Å². The molecule has 0 aromatic heterocycles. The monoisotopic (exact) mass is 522 g/mol. The summed E-state index contributed by atoms with van der Waals surface area (Å²) in [7, 11) is 1.22. The number of esters is 1. The summed E-state index contributed by atoms with van der Waals surface area (Å²) in [5, 5.41) is 10.9. The molecule has 3 saturated carbocycles. The summed E-state index contributed by atoms with van der Waals surface area (Å²) in [5.74, 6) is -2.85. The van der Waals surface area contributed by atoms with E-state index in [2.05, 4.69) is 4.74 Å². The van der Waals surface area contributed by atoms with E-state index in [1.54, 1.807) is 19.9 Å². The second-order valence-electron chi connectivity index (χ2n) is 11.1. The van der Waals surface area contributed by atoms with Crippen LogP contribution in [0.1, 0.15) is 59.8 Å². The normalized spacial score (nSPS) is 43.1. The van der Waals surface area contributed by atoms with E-state index < -0.39 is 57.1 Å². The number of fused-ring (bicyclic) bond motifs is 5. The van der Waals surface area contributed by atoms with Crippen LogP contribution in [0.5, 0.6) is 0 Å². The third kappa shape index (κ3) is 3.48. The summed E-state index contributed by atoms with van der Waals surface area (Å²) in [6, 6.07) is 0. The van der Waals surface area contributed by atoms with Gasteiger partial charge in [0.1, 0.15) is 0 Å². The Morgan fingerprint density at radius 2 is 1.94 bits per heavy atom. The molecule has 9 heteroatoms. The lowest BCUT2D eigenvalue weighted by molar-refractivity contribution is -0.226. The summed E-state index contributed by atoms with van der Waals surface area (Å²) in [5.41, 5.74) is -5.17. The number of halogens is 1. The topological polar surface area (TPSA) is 107 Å². The lowest BCUT2D eigenvalue weighted by Crippen LogP contribution is -2.70. The fourth-order valence-electron chi connectivity index (χ4n) is 7.94. The highest BCUT2D eigenvalue weighted by atomic mass is 32.2. The molecule has 3 fully saturated rings. The van der Waals surface area contributed by atoms with Crippen LogP contribution in [0, 0.1) is 28.6 Å². The Balaban J connectivity index is 1.80. The molecule has 0 radical (unpaired) electrons. The predicted octanol–water partition coefficient (Wildman–Crippen LogP) is 4.36. The second kappa shape index (κ2) is 9.08. The molecule has 36 heavy (non-hydrogen) atoms. The van der Waals surface area contributed by atoms with E-state index in [4.69, 9.17) is 4.74 Å². The largest absolute Gasteiger partial charge is 0.461 e. The van der Waals surface area contributed by atoms with Gasteiger partial charge in [0.25, 0.3) is 0 Å². The van der Waals surface area contributed by atoms with Gasteiger partial charge < -0.3 is 14.6 Å². The van der Waals surface area contributed by atoms with Crippen molar-refractivity contribution in [3.63, 3.8) is 0 Å². The minimum absolute atomic E-state index is 0.0523. The number of methoxy groups -OCH3 is 1. The number of thioether (sulfide) groups is 1. The number of hydrogen-bond donors (Lipinski definition) is 1. The first kappa shape index (κ1) is 27.0. The number of hydrogen-bond acceptors (Lipinski definition) is 8. The van der Waals surface area contributed by atoms with Gasteiger partial charge in [0, 0.05) is 29.1 Å². The van der Waals surface area contributed by atoms with Crippen LogP contribution in [0.4, 0.5) is 9.18 Å². The highest BCUT2D eigenvalue weighted by molar-refractivity contribution is 8.13. The van der Waals surface area contributed by atoms with Crippen LogP contribution in [0.15, 0.2) is 23.8 Å². The Labute approximate surface area is 215 Å². The predicted molar refractivity (Wildman–Crippen MR) is 132 cm³/mol. The van der Waals surface area contributed by atoms with Crippen LogP contribution in [0.3, 0.4) is 0 Å². The number of carbonyl (C=O) groups excluding carboxylic acids is 4. The fourth-order valence-corrected chi connectivity index (χ4v) is 8.52. The summed E-state index contributed by atoms with van der Waals surface area (Å²) < 4.78 is 28.0. The number of aliphatic hydroxyl groups is 1. The number of Topliss-reactive ketones (excluding diaryl/α,β-unsaturated/α-hetero) is 1. The van der Waals surface area contributed by atoms with Crippen LogP contribution in [0.2, 0.25) is 0 Å². The van der Waals surface area contributed by atoms with E-state index in [9.17, 15) is 24.3 Å². The molecule has 0 saturated heterocycles. The number of ketones is 2. The van der Waals surface area contributed by atoms with Crippen molar-refractivity contribution in [2.24, 2.45) is 28.6 Å². The van der Waals surface area contributed by atoms with E-state index in [-0.39, 0.29) is 30.3 Å². The van der Waals surface area contributed by atoms with E-state index in [0.717, 1.165) is 0 Å². The Hall–Kier alpha value is -2.00. The highest BCUT2D eigenvalue weighted by Gasteiger charge is 2.77. The molecule has 0 bridgehead atoms. The smallest absolute Gasteiger partial charge is 0.367 e. The first-order valence-electron chi connectivity index (χ1n) is 12.6. The average molecular weight is 523 g/mol. The molecule has 0 aliphatic heterocycles. The van der Waals surface area contributed by atoms with Crippen molar-refractivity contribution in [1.29, 1.82) is 0 Å². The summed E-state index contributed by atoms with van der Waals surface area (Å²) >= 11 is 0.695. The molecular formula is C27H35FO7S. The van der Waals surface area contributed by atoms with Crippen molar-refractivity contribution in [3.05, 3.63) is 23.8 Å². The fraction of sp³-hybridized carbons (Fsp3) is 0.704. The lowest BCUT2D eigenvalue weighted by atomic mass is 9.44. The molecule has 4 aliphatic rings. The quantitative estimate of drug-likeness (QED) is 0.531. The maximum absolute atomic E-state index is 17.4. The molecular weight excluding hydrogens is 487 g/mol. The highest BCUT2D eigenvalue weighted by Crippen LogP contribution is 2.71. The zero-order chi connectivity index (χ0) is 26.7. The van der Waals surface area contributed by atoms with Gasteiger partial charge in [-0.3, -0.25) is 14.4 Å². The number of ether oxygens (including phenoxy) is 2. The first-order chi connectivity index (χ1) is 16.8. The molecule has 4 aliphatic carbocycles. The van der Waals surface area contributed by atoms with Gasteiger partial charge in [-0.25, -0.2) is 9.18 Å². The summed E-state index contributed by atoms with van der Waals surface area (Å²) in [4.78, 5) is 50.3. The summed E-state index contributed by atoms with van der Waals surface area (Å²) in [6.45, 7) is 7.02. The zero-order valence-corrected chi connectivity index (χ0v) is 22.3. The number of carbonyl (C=O) groups is 4. The average Bonchev–Trinajstić information content (AvgIpc) is 3.05. The van der Waals surface area contributed by atoms with Gasteiger partial charge in [0.05, 0.1) is 19.0 Å². The third-order valence-corrected chi connectivity index (χ3v) is 10.5. The van der Waals surface area contributed by atoms with Crippen molar-refractivity contribution in [1.82, 2.24) is 0 Å². The summed E-state index contributed by atoms with van der Waals surface area (Å²) in [6.07, 6.45) is 4.29. The molecule has 0 aromatic carbocycles. The van der Waals surface area contributed by atoms with Gasteiger partial charge in [-0.1, -0.05) is 32.4 Å². The molecule has 0 heterocycles. The van der Waals surface area contributed by atoms with Gasteiger partial charge in [-0.15, -0.1) is 0 Å². The van der Waals surface area contributed by atoms with Crippen molar-refractivity contribution in [2.45, 2.75) is 77.2 Å². The van der Waals surface area contributed by atoms with E-state index in [1.165, 1.54) is 19.3 Å². The van der Waals surface area contributed by atoms with Crippen LogP contribution < -0.4 is 0 Å². The minimum atomic E-state index is -2.05. The van der Waals surface area contributed by atoms with Gasteiger partial charge in [-0.05, 0) is 62.4 Å². The van der Waals surface area contributed by atoms with Gasteiger partial charge >= 0.3 is 11.3 Å². The van der Waals surface area contributed by atoms with Gasteiger partial charge in [0.2, 0.25) is 0 Å². The molecule has 0 spiro atoms. The van der Waals surface area contributed by atoms with Gasteiger partial charge in [-0.2, -0.15) is 0 Å². The Morgan fingerprint density at radius 3 is 2.58 bits per heavy atom. The lowest BCUT2D eigenvalue weighted by Gasteiger charge is -2.62. The van der Waals surface area contributed by atoms with Crippen molar-refractivity contribution >= 4 is 34.6 Å².